The molecular formula is C11H9ClN4O2. The van der Waals surface area contributed by atoms with E-state index in [4.69, 9.17) is 28.2 Å². The Labute approximate surface area is 107 Å². The zero-order valence-corrected chi connectivity index (χ0v) is 9.85. The number of aromatic nitrogens is 2. The molecule has 5 N–H and O–H groups in total. The first kappa shape index (κ1) is 12.1. The standard InChI is InChI=1S/C11H9ClN4O2/c12-6-3-1-5(2-4-6)7-8(10(17)18)15-11(14)16-9(7)13/h1-4H,(H,17,18)(H4,13,14,15,16). The van der Waals surface area contributed by atoms with Crippen LogP contribution in [0.4, 0.5) is 11.8 Å². The highest BCUT2D eigenvalue weighted by atomic mass is 35.5. The summed E-state index contributed by atoms with van der Waals surface area (Å²) in [7, 11) is 0. The largest absolute Gasteiger partial charge is 0.476 e. The van der Waals surface area contributed by atoms with Gasteiger partial charge in [0.25, 0.3) is 0 Å². The van der Waals surface area contributed by atoms with Crippen LogP contribution in [-0.4, -0.2) is 21.0 Å². The second kappa shape index (κ2) is 4.50. The van der Waals surface area contributed by atoms with E-state index < -0.39 is 5.97 Å². The Hall–Kier alpha value is -2.34. The summed E-state index contributed by atoms with van der Waals surface area (Å²) >= 11 is 5.77. The number of carboxylic acid groups (broad SMARTS) is 1. The van der Waals surface area contributed by atoms with Crippen LogP contribution in [0.2, 0.25) is 5.02 Å². The molecule has 6 nitrogen and oxygen atoms in total. The van der Waals surface area contributed by atoms with Crippen molar-refractivity contribution in [2.24, 2.45) is 0 Å². The number of hydrogen-bond acceptors (Lipinski definition) is 5. The topological polar surface area (TPSA) is 115 Å². The van der Waals surface area contributed by atoms with Crippen molar-refractivity contribution in [3.05, 3.63) is 35.0 Å². The molecule has 2 aromatic rings. The zero-order chi connectivity index (χ0) is 13.3. The highest BCUT2D eigenvalue weighted by molar-refractivity contribution is 6.30. The van der Waals surface area contributed by atoms with Crippen LogP contribution in [0.15, 0.2) is 24.3 Å². The van der Waals surface area contributed by atoms with Gasteiger partial charge in [0.15, 0.2) is 5.69 Å². The number of rotatable bonds is 2. The molecule has 0 radical (unpaired) electrons. The summed E-state index contributed by atoms with van der Waals surface area (Å²) < 4.78 is 0. The van der Waals surface area contributed by atoms with Gasteiger partial charge in [0.05, 0.1) is 5.56 Å². The molecule has 0 saturated carbocycles. The van der Waals surface area contributed by atoms with Crippen LogP contribution < -0.4 is 11.5 Å². The molecule has 7 heteroatoms. The fraction of sp³-hybridized carbons (Fsp3) is 0. The molecule has 0 bridgehead atoms. The normalized spacial score (nSPS) is 10.3. The molecule has 0 spiro atoms. The summed E-state index contributed by atoms with van der Waals surface area (Å²) in [6.07, 6.45) is 0. The minimum atomic E-state index is -1.22. The van der Waals surface area contributed by atoms with Crippen molar-refractivity contribution in [1.29, 1.82) is 0 Å². The van der Waals surface area contributed by atoms with E-state index in [1.807, 2.05) is 0 Å². The predicted molar refractivity (Wildman–Crippen MR) is 68.3 cm³/mol. The average Bonchev–Trinajstić information content (AvgIpc) is 2.29. The van der Waals surface area contributed by atoms with Gasteiger partial charge in [-0.3, -0.25) is 0 Å². The Morgan fingerprint density at radius 1 is 1.17 bits per heavy atom. The molecule has 0 atom stereocenters. The summed E-state index contributed by atoms with van der Waals surface area (Å²) in [6.45, 7) is 0. The van der Waals surface area contributed by atoms with Gasteiger partial charge in [0, 0.05) is 5.02 Å². The molecule has 0 unspecified atom stereocenters. The van der Waals surface area contributed by atoms with Crippen LogP contribution in [0.25, 0.3) is 11.1 Å². The quantitative estimate of drug-likeness (QED) is 0.760. The Morgan fingerprint density at radius 3 is 2.33 bits per heavy atom. The van der Waals surface area contributed by atoms with Crippen molar-refractivity contribution in [3.63, 3.8) is 0 Å². The minimum absolute atomic E-state index is 0.0159. The lowest BCUT2D eigenvalue weighted by atomic mass is 10.0. The van der Waals surface area contributed by atoms with Crippen molar-refractivity contribution in [2.45, 2.75) is 0 Å². The minimum Gasteiger partial charge on any atom is -0.476 e. The third-order valence-corrected chi connectivity index (χ3v) is 2.54. The third-order valence-electron chi connectivity index (χ3n) is 2.29. The van der Waals surface area contributed by atoms with E-state index in [0.717, 1.165) is 0 Å². The van der Waals surface area contributed by atoms with Gasteiger partial charge in [0.1, 0.15) is 5.82 Å². The number of halogens is 1. The van der Waals surface area contributed by atoms with Crippen LogP contribution in [0.1, 0.15) is 10.5 Å². The number of anilines is 2. The average molecular weight is 265 g/mol. The SMILES string of the molecule is Nc1nc(N)c(-c2ccc(Cl)cc2)c(C(=O)O)n1. The van der Waals surface area contributed by atoms with Crippen molar-refractivity contribution < 1.29 is 9.90 Å². The number of nitrogen functional groups attached to an aromatic ring is 2. The van der Waals surface area contributed by atoms with Gasteiger partial charge in [-0.2, -0.15) is 4.98 Å². The fourth-order valence-corrected chi connectivity index (χ4v) is 1.68. The van der Waals surface area contributed by atoms with Crippen LogP contribution in [0.5, 0.6) is 0 Å². The predicted octanol–water partition coefficient (Wildman–Crippen LogP) is 1.66. The Morgan fingerprint density at radius 2 is 1.78 bits per heavy atom. The lowest BCUT2D eigenvalue weighted by Crippen LogP contribution is -2.10. The number of carboxylic acids is 1. The highest BCUT2D eigenvalue weighted by Crippen LogP contribution is 2.29. The van der Waals surface area contributed by atoms with Gasteiger partial charge in [-0.05, 0) is 17.7 Å². The molecule has 18 heavy (non-hydrogen) atoms. The summed E-state index contributed by atoms with van der Waals surface area (Å²) in [4.78, 5) is 18.6. The number of benzene rings is 1. The van der Waals surface area contributed by atoms with E-state index in [0.29, 0.717) is 10.6 Å². The fourth-order valence-electron chi connectivity index (χ4n) is 1.55. The third kappa shape index (κ3) is 2.18. The zero-order valence-electron chi connectivity index (χ0n) is 9.09. The molecular weight excluding hydrogens is 256 g/mol. The van der Waals surface area contributed by atoms with Crippen molar-refractivity contribution >= 4 is 29.3 Å². The summed E-state index contributed by atoms with van der Waals surface area (Å²) in [5.74, 6) is -1.38. The van der Waals surface area contributed by atoms with Gasteiger partial charge >= 0.3 is 5.97 Å². The first-order valence-corrected chi connectivity index (χ1v) is 5.29. The van der Waals surface area contributed by atoms with E-state index in [1.54, 1.807) is 24.3 Å². The molecule has 0 fully saturated rings. The van der Waals surface area contributed by atoms with Crippen molar-refractivity contribution in [2.75, 3.05) is 11.5 Å². The van der Waals surface area contributed by atoms with E-state index in [9.17, 15) is 4.79 Å². The molecule has 1 aromatic carbocycles. The van der Waals surface area contributed by atoms with Gasteiger partial charge < -0.3 is 16.6 Å². The van der Waals surface area contributed by atoms with E-state index in [2.05, 4.69) is 9.97 Å². The summed E-state index contributed by atoms with van der Waals surface area (Å²) in [5.41, 5.74) is 11.6. The first-order chi connectivity index (χ1) is 8.49. The van der Waals surface area contributed by atoms with Crippen LogP contribution in [0.3, 0.4) is 0 Å². The van der Waals surface area contributed by atoms with Gasteiger partial charge in [-0.1, -0.05) is 23.7 Å². The van der Waals surface area contributed by atoms with Crippen molar-refractivity contribution in [1.82, 2.24) is 9.97 Å². The van der Waals surface area contributed by atoms with Crippen LogP contribution in [0, 0.1) is 0 Å². The molecule has 0 aliphatic heterocycles. The smallest absolute Gasteiger partial charge is 0.355 e. The van der Waals surface area contributed by atoms with E-state index >= 15 is 0 Å². The second-order valence-corrected chi connectivity index (χ2v) is 3.94. The number of nitrogens with two attached hydrogens (primary N) is 2. The Bertz CT molecular complexity index is 613. The Kier molecular flexibility index (Phi) is 3.03. The summed E-state index contributed by atoms with van der Waals surface area (Å²) in [6, 6.07) is 6.52. The number of aromatic carboxylic acids is 1. The molecule has 0 amide bonds. The maximum atomic E-state index is 11.1. The van der Waals surface area contributed by atoms with Gasteiger partial charge in [-0.15, -0.1) is 0 Å². The van der Waals surface area contributed by atoms with Gasteiger partial charge in [0.2, 0.25) is 5.95 Å². The summed E-state index contributed by atoms with van der Waals surface area (Å²) in [5, 5.41) is 9.64. The molecule has 1 aromatic heterocycles. The second-order valence-electron chi connectivity index (χ2n) is 3.50. The molecule has 1 heterocycles. The number of carbonyl (C=O) groups is 1. The number of hydrogen-bond donors (Lipinski definition) is 3. The van der Waals surface area contributed by atoms with Gasteiger partial charge in [-0.25, -0.2) is 9.78 Å². The monoisotopic (exact) mass is 264 g/mol. The molecule has 0 aliphatic carbocycles. The lowest BCUT2D eigenvalue weighted by Gasteiger charge is -2.09. The Balaban J connectivity index is 2.69. The van der Waals surface area contributed by atoms with E-state index in [1.165, 1.54) is 0 Å². The maximum Gasteiger partial charge on any atom is 0.355 e. The van der Waals surface area contributed by atoms with E-state index in [-0.39, 0.29) is 23.0 Å². The maximum absolute atomic E-state index is 11.1. The van der Waals surface area contributed by atoms with Crippen LogP contribution >= 0.6 is 11.6 Å². The molecule has 92 valence electrons. The molecule has 0 saturated heterocycles. The van der Waals surface area contributed by atoms with Crippen molar-refractivity contribution in [3.8, 4) is 11.1 Å². The first-order valence-electron chi connectivity index (χ1n) is 4.91. The highest BCUT2D eigenvalue weighted by Gasteiger charge is 2.18. The number of nitrogens with zero attached hydrogens (tertiary/aromatic N) is 2. The van der Waals surface area contributed by atoms with Crippen LogP contribution in [-0.2, 0) is 0 Å². The molecule has 2 rings (SSSR count). The lowest BCUT2D eigenvalue weighted by molar-refractivity contribution is 0.0691. The molecule has 0 aliphatic rings.